The number of hydrogen-bond donors (Lipinski definition) is 1. The molecule has 0 amide bonds. The summed E-state index contributed by atoms with van der Waals surface area (Å²) in [4.78, 5) is 4.06. The molecule has 4 heteroatoms. The Hall–Kier alpha value is -1.03. The van der Waals surface area contributed by atoms with Crippen molar-refractivity contribution in [2.24, 2.45) is 5.73 Å². The molecule has 12 heavy (non-hydrogen) atoms. The Morgan fingerprint density at radius 2 is 2.50 bits per heavy atom. The fourth-order valence-electron chi connectivity index (χ4n) is 0.923. The molecule has 0 unspecified atom stereocenters. The summed E-state index contributed by atoms with van der Waals surface area (Å²) in [6.07, 6.45) is 4.51. The van der Waals surface area contributed by atoms with Gasteiger partial charge in [-0.1, -0.05) is 0 Å². The van der Waals surface area contributed by atoms with Gasteiger partial charge in [0.25, 0.3) is 6.01 Å². The first kappa shape index (κ1) is 9.06. The number of aryl methyl sites for hydroxylation is 1. The second-order valence-electron chi connectivity index (χ2n) is 2.49. The van der Waals surface area contributed by atoms with Crippen LogP contribution in [-0.2, 0) is 6.54 Å². The lowest BCUT2D eigenvalue weighted by Gasteiger charge is -2.05. The Balaban J connectivity index is 2.39. The standard InChI is InChI=1S/C8H15N3O/c1-2-11-6-5-10-8(11)12-7-3-4-9/h5-6H,2-4,7,9H2,1H3. The second kappa shape index (κ2) is 4.77. The Bertz CT molecular complexity index is 222. The maximum atomic E-state index is 5.38. The molecule has 68 valence electrons. The van der Waals surface area contributed by atoms with Gasteiger partial charge in [0.15, 0.2) is 0 Å². The van der Waals surface area contributed by atoms with Crippen LogP contribution in [0.1, 0.15) is 13.3 Å². The molecule has 0 radical (unpaired) electrons. The fraction of sp³-hybridized carbons (Fsp3) is 0.625. The molecule has 0 spiro atoms. The molecule has 0 atom stereocenters. The molecule has 2 N–H and O–H groups in total. The monoisotopic (exact) mass is 169 g/mol. The molecule has 0 saturated heterocycles. The van der Waals surface area contributed by atoms with Gasteiger partial charge < -0.3 is 15.0 Å². The van der Waals surface area contributed by atoms with Crippen LogP contribution in [0.5, 0.6) is 6.01 Å². The topological polar surface area (TPSA) is 53.1 Å². The Morgan fingerprint density at radius 1 is 1.67 bits per heavy atom. The second-order valence-corrected chi connectivity index (χ2v) is 2.49. The molecule has 0 saturated carbocycles. The maximum Gasteiger partial charge on any atom is 0.296 e. The fourth-order valence-corrected chi connectivity index (χ4v) is 0.923. The van der Waals surface area contributed by atoms with Crippen LogP contribution in [0.25, 0.3) is 0 Å². The SMILES string of the molecule is CCn1ccnc1OCCCN. The molecule has 4 nitrogen and oxygen atoms in total. The molecule has 0 aromatic carbocycles. The lowest BCUT2D eigenvalue weighted by Crippen LogP contribution is -2.08. The van der Waals surface area contributed by atoms with Crippen LogP contribution >= 0.6 is 0 Å². The number of ether oxygens (including phenoxy) is 1. The van der Waals surface area contributed by atoms with Gasteiger partial charge in [-0.25, -0.2) is 4.98 Å². The predicted octanol–water partition coefficient (Wildman–Crippen LogP) is 0.631. The third-order valence-electron chi connectivity index (χ3n) is 1.60. The third kappa shape index (κ3) is 2.23. The molecule has 0 bridgehead atoms. The van der Waals surface area contributed by atoms with E-state index in [0.717, 1.165) is 13.0 Å². The number of hydrogen-bond acceptors (Lipinski definition) is 3. The van der Waals surface area contributed by atoms with Crippen LogP contribution in [-0.4, -0.2) is 22.7 Å². The normalized spacial score (nSPS) is 10.2. The Labute approximate surface area is 72.3 Å². The van der Waals surface area contributed by atoms with Gasteiger partial charge in [-0.15, -0.1) is 0 Å². The van der Waals surface area contributed by atoms with Crippen molar-refractivity contribution >= 4 is 0 Å². The van der Waals surface area contributed by atoms with E-state index < -0.39 is 0 Å². The summed E-state index contributed by atoms with van der Waals surface area (Å²) >= 11 is 0. The van der Waals surface area contributed by atoms with Crippen molar-refractivity contribution in [2.45, 2.75) is 19.9 Å². The predicted molar refractivity (Wildman–Crippen MR) is 47.1 cm³/mol. The van der Waals surface area contributed by atoms with E-state index in [2.05, 4.69) is 11.9 Å². The van der Waals surface area contributed by atoms with E-state index >= 15 is 0 Å². The van der Waals surface area contributed by atoms with Crippen molar-refractivity contribution in [3.05, 3.63) is 12.4 Å². The van der Waals surface area contributed by atoms with E-state index in [0.29, 0.717) is 19.2 Å². The summed E-state index contributed by atoms with van der Waals surface area (Å²) in [6, 6.07) is 0.686. The first-order chi connectivity index (χ1) is 5.88. The highest BCUT2D eigenvalue weighted by Crippen LogP contribution is 2.06. The largest absolute Gasteiger partial charge is 0.465 e. The van der Waals surface area contributed by atoms with Crippen molar-refractivity contribution < 1.29 is 4.74 Å². The summed E-state index contributed by atoms with van der Waals surface area (Å²) in [5.41, 5.74) is 5.33. The molecule has 1 aromatic heterocycles. The van der Waals surface area contributed by atoms with E-state index in [4.69, 9.17) is 10.5 Å². The highest BCUT2D eigenvalue weighted by molar-refractivity contribution is 4.97. The number of nitrogens with zero attached hydrogens (tertiary/aromatic N) is 2. The van der Waals surface area contributed by atoms with Gasteiger partial charge in [0.1, 0.15) is 0 Å². The van der Waals surface area contributed by atoms with Crippen molar-refractivity contribution in [1.29, 1.82) is 0 Å². The van der Waals surface area contributed by atoms with Gasteiger partial charge in [0.05, 0.1) is 6.61 Å². The molecular formula is C8H15N3O. The average Bonchev–Trinajstić information content (AvgIpc) is 2.52. The Morgan fingerprint density at radius 3 is 3.17 bits per heavy atom. The van der Waals surface area contributed by atoms with E-state index in [9.17, 15) is 0 Å². The zero-order chi connectivity index (χ0) is 8.81. The minimum absolute atomic E-state index is 0.646. The first-order valence-electron chi connectivity index (χ1n) is 4.22. The van der Waals surface area contributed by atoms with Crippen LogP contribution in [0.4, 0.5) is 0 Å². The van der Waals surface area contributed by atoms with Gasteiger partial charge >= 0.3 is 0 Å². The molecule has 0 fully saturated rings. The van der Waals surface area contributed by atoms with Crippen LogP contribution in [0.15, 0.2) is 12.4 Å². The smallest absolute Gasteiger partial charge is 0.296 e. The summed E-state index contributed by atoms with van der Waals surface area (Å²) < 4.78 is 7.34. The first-order valence-corrected chi connectivity index (χ1v) is 4.22. The molecule has 0 aliphatic carbocycles. The quantitative estimate of drug-likeness (QED) is 0.658. The van der Waals surface area contributed by atoms with Crippen LogP contribution in [0.2, 0.25) is 0 Å². The average molecular weight is 169 g/mol. The zero-order valence-electron chi connectivity index (χ0n) is 7.36. The Kier molecular flexibility index (Phi) is 3.60. The highest BCUT2D eigenvalue weighted by atomic mass is 16.5. The molecule has 0 aliphatic heterocycles. The van der Waals surface area contributed by atoms with E-state index in [1.54, 1.807) is 6.20 Å². The lowest BCUT2D eigenvalue weighted by molar-refractivity contribution is 0.276. The highest BCUT2D eigenvalue weighted by Gasteiger charge is 1.99. The van der Waals surface area contributed by atoms with E-state index in [1.807, 2.05) is 10.8 Å². The lowest BCUT2D eigenvalue weighted by atomic mass is 10.5. The van der Waals surface area contributed by atoms with E-state index in [1.165, 1.54) is 0 Å². The van der Waals surface area contributed by atoms with Crippen molar-refractivity contribution in [3.8, 4) is 6.01 Å². The van der Waals surface area contributed by atoms with Gasteiger partial charge in [-0.2, -0.15) is 0 Å². The minimum Gasteiger partial charge on any atom is -0.465 e. The molecule has 0 aliphatic rings. The zero-order valence-corrected chi connectivity index (χ0v) is 7.36. The molecule has 1 aromatic rings. The minimum atomic E-state index is 0.646. The number of rotatable bonds is 5. The summed E-state index contributed by atoms with van der Waals surface area (Å²) in [5.74, 6) is 0. The van der Waals surface area contributed by atoms with Gasteiger partial charge in [-0.3, -0.25) is 0 Å². The summed E-state index contributed by atoms with van der Waals surface area (Å²) in [7, 11) is 0. The van der Waals surface area contributed by atoms with Gasteiger partial charge in [0, 0.05) is 18.9 Å². The van der Waals surface area contributed by atoms with Gasteiger partial charge in [-0.05, 0) is 19.9 Å². The molecular weight excluding hydrogens is 154 g/mol. The molecule has 1 rings (SSSR count). The van der Waals surface area contributed by atoms with Crippen molar-refractivity contribution in [1.82, 2.24) is 9.55 Å². The summed E-state index contributed by atoms with van der Waals surface area (Å²) in [5, 5.41) is 0. The maximum absolute atomic E-state index is 5.38. The van der Waals surface area contributed by atoms with Crippen LogP contribution < -0.4 is 10.5 Å². The van der Waals surface area contributed by atoms with Crippen molar-refractivity contribution in [2.75, 3.05) is 13.2 Å². The summed E-state index contributed by atoms with van der Waals surface area (Å²) in [6.45, 7) is 4.25. The van der Waals surface area contributed by atoms with Crippen LogP contribution in [0.3, 0.4) is 0 Å². The van der Waals surface area contributed by atoms with Gasteiger partial charge in [0.2, 0.25) is 0 Å². The number of imidazole rings is 1. The molecule has 1 heterocycles. The third-order valence-corrected chi connectivity index (χ3v) is 1.60. The number of aromatic nitrogens is 2. The van der Waals surface area contributed by atoms with Crippen LogP contribution in [0, 0.1) is 0 Å². The van der Waals surface area contributed by atoms with Crippen molar-refractivity contribution in [3.63, 3.8) is 0 Å². The van der Waals surface area contributed by atoms with E-state index in [-0.39, 0.29) is 0 Å². The number of nitrogens with two attached hydrogens (primary N) is 1.